The lowest BCUT2D eigenvalue weighted by atomic mass is 10.1. The molecule has 2 aromatic rings. The summed E-state index contributed by atoms with van der Waals surface area (Å²) in [5.41, 5.74) is 0.936. The van der Waals surface area contributed by atoms with Crippen molar-refractivity contribution in [1.29, 1.82) is 0 Å². The molecule has 1 unspecified atom stereocenters. The second-order valence-corrected chi connectivity index (χ2v) is 9.67. The van der Waals surface area contributed by atoms with E-state index >= 15 is 0 Å². The molecule has 7 nitrogen and oxygen atoms in total. The van der Waals surface area contributed by atoms with Gasteiger partial charge < -0.3 is 5.32 Å². The summed E-state index contributed by atoms with van der Waals surface area (Å²) in [5, 5.41) is 2.76. The molecule has 0 heterocycles. The zero-order chi connectivity index (χ0) is 19.5. The fourth-order valence-electron chi connectivity index (χ4n) is 2.29. The van der Waals surface area contributed by atoms with Gasteiger partial charge in [0.25, 0.3) is 5.91 Å². The molecular formula is C17H20N2O5S2. The van der Waals surface area contributed by atoms with Crippen LogP contribution in [-0.4, -0.2) is 36.0 Å². The number of rotatable bonds is 6. The van der Waals surface area contributed by atoms with E-state index in [1.807, 2.05) is 0 Å². The van der Waals surface area contributed by atoms with Gasteiger partial charge in [-0.25, -0.2) is 21.6 Å². The van der Waals surface area contributed by atoms with Gasteiger partial charge in [0.15, 0.2) is 9.84 Å². The van der Waals surface area contributed by atoms with Crippen molar-refractivity contribution in [1.82, 2.24) is 10.0 Å². The molecule has 0 spiro atoms. The summed E-state index contributed by atoms with van der Waals surface area (Å²) in [5.74, 6) is -0.433. The number of carbonyl (C=O) groups excluding carboxylic acids is 1. The van der Waals surface area contributed by atoms with Crippen molar-refractivity contribution < 1.29 is 21.6 Å². The fourth-order valence-corrected chi connectivity index (χ4v) is 3.70. The van der Waals surface area contributed by atoms with Gasteiger partial charge in [0.05, 0.1) is 15.8 Å². The maximum Gasteiger partial charge on any atom is 0.251 e. The van der Waals surface area contributed by atoms with Crippen molar-refractivity contribution >= 4 is 25.8 Å². The molecule has 2 aromatic carbocycles. The molecule has 0 aliphatic rings. The zero-order valence-corrected chi connectivity index (χ0v) is 16.2. The van der Waals surface area contributed by atoms with Crippen molar-refractivity contribution in [2.45, 2.75) is 22.8 Å². The summed E-state index contributed by atoms with van der Waals surface area (Å²) in [6, 6.07) is 11.5. The highest BCUT2D eigenvalue weighted by Crippen LogP contribution is 2.17. The minimum absolute atomic E-state index is 0.00203. The Kier molecular flexibility index (Phi) is 5.84. The van der Waals surface area contributed by atoms with Crippen LogP contribution in [0, 0.1) is 0 Å². The first kappa shape index (κ1) is 20.1. The van der Waals surface area contributed by atoms with Crippen molar-refractivity contribution in [3.63, 3.8) is 0 Å². The number of nitrogens with one attached hydrogen (secondary N) is 2. The standard InChI is InChI=1S/C17H20N2O5S2/c1-12(13-7-9-15(10-8-13)25(3,21)22)19-17(20)14-5-4-6-16(11-14)26(23,24)18-2/h4-12,18H,1-3H3,(H,19,20). The van der Waals surface area contributed by atoms with Crippen LogP contribution in [0.4, 0.5) is 0 Å². The normalized spacial score (nSPS) is 13.2. The second kappa shape index (κ2) is 7.56. The van der Waals surface area contributed by atoms with Crippen molar-refractivity contribution in [3.05, 3.63) is 59.7 Å². The van der Waals surface area contributed by atoms with Gasteiger partial charge in [0.2, 0.25) is 10.0 Å². The highest BCUT2D eigenvalue weighted by molar-refractivity contribution is 7.90. The Balaban J connectivity index is 2.18. The predicted molar refractivity (Wildman–Crippen MR) is 98.1 cm³/mol. The van der Waals surface area contributed by atoms with E-state index in [1.54, 1.807) is 19.1 Å². The molecule has 2 N–H and O–H groups in total. The van der Waals surface area contributed by atoms with E-state index in [0.29, 0.717) is 0 Å². The Hall–Kier alpha value is -2.23. The van der Waals surface area contributed by atoms with Gasteiger partial charge in [0, 0.05) is 11.8 Å². The van der Waals surface area contributed by atoms with E-state index in [0.717, 1.165) is 11.8 Å². The molecule has 0 aromatic heterocycles. The minimum Gasteiger partial charge on any atom is -0.346 e. The average Bonchev–Trinajstić information content (AvgIpc) is 2.61. The number of sulfonamides is 1. The number of carbonyl (C=O) groups is 1. The summed E-state index contributed by atoms with van der Waals surface area (Å²) >= 11 is 0. The van der Waals surface area contributed by atoms with Crippen LogP contribution >= 0.6 is 0 Å². The number of amides is 1. The van der Waals surface area contributed by atoms with E-state index in [9.17, 15) is 21.6 Å². The van der Waals surface area contributed by atoms with E-state index in [-0.39, 0.29) is 21.4 Å². The summed E-state index contributed by atoms with van der Waals surface area (Å²) < 4.78 is 48.9. The Morgan fingerprint density at radius 3 is 2.12 bits per heavy atom. The van der Waals surface area contributed by atoms with Crippen LogP contribution in [0.25, 0.3) is 0 Å². The molecule has 0 radical (unpaired) electrons. The first-order valence-corrected chi connectivity index (χ1v) is 11.1. The molecule has 0 aliphatic heterocycles. The van der Waals surface area contributed by atoms with Gasteiger partial charge >= 0.3 is 0 Å². The molecule has 0 bridgehead atoms. The van der Waals surface area contributed by atoms with Crippen molar-refractivity contribution in [2.75, 3.05) is 13.3 Å². The smallest absolute Gasteiger partial charge is 0.251 e. The molecule has 0 saturated heterocycles. The molecular weight excluding hydrogens is 376 g/mol. The maximum absolute atomic E-state index is 12.4. The average molecular weight is 396 g/mol. The first-order chi connectivity index (χ1) is 12.0. The lowest BCUT2D eigenvalue weighted by molar-refractivity contribution is 0.0939. The highest BCUT2D eigenvalue weighted by Gasteiger charge is 2.16. The molecule has 9 heteroatoms. The van der Waals surface area contributed by atoms with E-state index in [4.69, 9.17) is 0 Å². The Labute approximate surface area is 153 Å². The molecule has 0 fully saturated rings. The third-order valence-electron chi connectivity index (χ3n) is 3.83. The monoisotopic (exact) mass is 396 g/mol. The van der Waals surface area contributed by atoms with Crippen LogP contribution in [0.1, 0.15) is 28.9 Å². The number of hydrogen-bond acceptors (Lipinski definition) is 5. The SMILES string of the molecule is CNS(=O)(=O)c1cccc(C(=O)NC(C)c2ccc(S(C)(=O)=O)cc2)c1. The molecule has 26 heavy (non-hydrogen) atoms. The van der Waals surface area contributed by atoms with Crippen molar-refractivity contribution in [3.8, 4) is 0 Å². The van der Waals surface area contributed by atoms with Crippen LogP contribution in [0.3, 0.4) is 0 Å². The van der Waals surface area contributed by atoms with Crippen molar-refractivity contribution in [2.24, 2.45) is 0 Å². The van der Waals surface area contributed by atoms with Gasteiger partial charge in [-0.15, -0.1) is 0 Å². The van der Waals surface area contributed by atoms with Gasteiger partial charge in [-0.2, -0.15) is 0 Å². The van der Waals surface area contributed by atoms with Crippen LogP contribution in [0.2, 0.25) is 0 Å². The van der Waals surface area contributed by atoms with Crippen LogP contribution in [0.15, 0.2) is 58.3 Å². The third-order valence-corrected chi connectivity index (χ3v) is 6.37. The first-order valence-electron chi connectivity index (χ1n) is 7.69. The maximum atomic E-state index is 12.4. The highest BCUT2D eigenvalue weighted by atomic mass is 32.2. The molecule has 2 rings (SSSR count). The Bertz CT molecular complexity index is 1010. The van der Waals surface area contributed by atoms with E-state index in [2.05, 4.69) is 10.0 Å². The van der Waals surface area contributed by atoms with Gasteiger partial charge in [-0.05, 0) is 49.9 Å². The quantitative estimate of drug-likeness (QED) is 0.769. The van der Waals surface area contributed by atoms with Gasteiger partial charge in [0.1, 0.15) is 0 Å². The van der Waals surface area contributed by atoms with E-state index in [1.165, 1.54) is 43.4 Å². The zero-order valence-electron chi connectivity index (χ0n) is 14.6. The summed E-state index contributed by atoms with van der Waals surface area (Å²) in [7, 11) is -5.63. The van der Waals surface area contributed by atoms with Gasteiger partial charge in [-0.3, -0.25) is 4.79 Å². The van der Waals surface area contributed by atoms with Crippen LogP contribution in [-0.2, 0) is 19.9 Å². The minimum atomic E-state index is -3.64. The number of benzene rings is 2. The topological polar surface area (TPSA) is 109 Å². The largest absolute Gasteiger partial charge is 0.346 e. The van der Waals surface area contributed by atoms with Crippen LogP contribution in [0.5, 0.6) is 0 Å². The third kappa shape index (κ3) is 4.69. The molecule has 140 valence electrons. The molecule has 0 saturated carbocycles. The lowest BCUT2D eigenvalue weighted by Crippen LogP contribution is -2.27. The second-order valence-electron chi connectivity index (χ2n) is 5.77. The summed E-state index contributed by atoms with van der Waals surface area (Å²) in [4.78, 5) is 12.6. The molecule has 0 aliphatic carbocycles. The summed E-state index contributed by atoms with van der Waals surface area (Å²) in [6.07, 6.45) is 1.12. The Morgan fingerprint density at radius 2 is 1.58 bits per heavy atom. The number of sulfone groups is 1. The Morgan fingerprint density at radius 1 is 0.962 bits per heavy atom. The summed E-state index contributed by atoms with van der Waals surface area (Å²) in [6.45, 7) is 1.75. The van der Waals surface area contributed by atoms with Gasteiger partial charge in [-0.1, -0.05) is 18.2 Å². The molecule has 1 atom stereocenters. The van der Waals surface area contributed by atoms with E-state index < -0.39 is 25.8 Å². The molecule has 1 amide bonds. The lowest BCUT2D eigenvalue weighted by Gasteiger charge is -2.15. The predicted octanol–water partition coefficient (Wildman–Crippen LogP) is 1.49. The fraction of sp³-hybridized carbons (Fsp3) is 0.235. The number of hydrogen-bond donors (Lipinski definition) is 2. The van der Waals surface area contributed by atoms with Crippen LogP contribution < -0.4 is 10.0 Å².